The lowest BCUT2D eigenvalue weighted by molar-refractivity contribution is 0.0940. The summed E-state index contributed by atoms with van der Waals surface area (Å²) in [5.74, 6) is 0.473. The van der Waals surface area contributed by atoms with E-state index in [9.17, 15) is 13.2 Å². The highest BCUT2D eigenvalue weighted by atomic mass is 32.2. The smallest absolute Gasteiger partial charge is 0.251 e. The second-order valence-corrected chi connectivity index (χ2v) is 10.1. The van der Waals surface area contributed by atoms with Crippen molar-refractivity contribution >= 4 is 27.3 Å². The van der Waals surface area contributed by atoms with Gasteiger partial charge in [0.05, 0.1) is 18.0 Å². The van der Waals surface area contributed by atoms with Crippen LogP contribution in [0, 0.1) is 12.8 Å². The van der Waals surface area contributed by atoms with Gasteiger partial charge in [0.1, 0.15) is 0 Å². The molecular formula is C23H31N3O3S. The molecule has 1 saturated heterocycles. The summed E-state index contributed by atoms with van der Waals surface area (Å²) in [5, 5.41) is 3.00. The lowest BCUT2D eigenvalue weighted by atomic mass is 9.99. The van der Waals surface area contributed by atoms with Crippen molar-refractivity contribution in [2.24, 2.45) is 5.92 Å². The Labute approximate surface area is 179 Å². The van der Waals surface area contributed by atoms with Gasteiger partial charge in [0.15, 0.2) is 0 Å². The number of carbonyl (C=O) groups is 1. The molecule has 2 N–H and O–H groups in total. The van der Waals surface area contributed by atoms with E-state index in [1.807, 2.05) is 6.92 Å². The minimum absolute atomic E-state index is 0.167. The molecule has 1 amide bonds. The number of piperidine rings is 1. The van der Waals surface area contributed by atoms with Crippen molar-refractivity contribution in [3.8, 4) is 0 Å². The molecule has 0 aromatic heterocycles. The Morgan fingerprint density at radius 3 is 2.50 bits per heavy atom. The molecule has 0 aliphatic carbocycles. The molecule has 1 aliphatic rings. The fourth-order valence-electron chi connectivity index (χ4n) is 3.83. The molecule has 2 atom stereocenters. The summed E-state index contributed by atoms with van der Waals surface area (Å²) in [5.41, 5.74) is 3.83. The van der Waals surface area contributed by atoms with E-state index in [1.165, 1.54) is 18.5 Å². The number of rotatable bonds is 6. The Balaban J connectivity index is 1.67. The van der Waals surface area contributed by atoms with E-state index in [2.05, 4.69) is 46.1 Å². The van der Waals surface area contributed by atoms with Crippen LogP contribution >= 0.6 is 0 Å². The number of nitrogens with zero attached hydrogens (tertiary/aromatic N) is 1. The van der Waals surface area contributed by atoms with Gasteiger partial charge in [-0.2, -0.15) is 0 Å². The Morgan fingerprint density at radius 2 is 1.87 bits per heavy atom. The summed E-state index contributed by atoms with van der Waals surface area (Å²) in [4.78, 5) is 15.1. The Hall–Kier alpha value is -2.54. The van der Waals surface area contributed by atoms with Crippen molar-refractivity contribution in [2.45, 2.75) is 39.7 Å². The molecule has 1 aliphatic heterocycles. The van der Waals surface area contributed by atoms with Crippen LogP contribution in [-0.2, 0) is 10.0 Å². The van der Waals surface area contributed by atoms with Crippen molar-refractivity contribution in [1.29, 1.82) is 0 Å². The van der Waals surface area contributed by atoms with E-state index in [0.29, 0.717) is 17.2 Å². The van der Waals surface area contributed by atoms with E-state index in [1.54, 1.807) is 25.1 Å². The number of anilines is 2. The number of benzene rings is 2. The molecule has 2 aromatic carbocycles. The third kappa shape index (κ3) is 5.75. The first-order chi connectivity index (χ1) is 14.1. The number of hydrogen-bond acceptors (Lipinski definition) is 4. The van der Waals surface area contributed by atoms with Crippen LogP contribution in [-0.4, -0.2) is 33.7 Å². The Kier molecular flexibility index (Phi) is 6.71. The van der Waals surface area contributed by atoms with Gasteiger partial charge in [-0.15, -0.1) is 0 Å². The van der Waals surface area contributed by atoms with E-state index in [4.69, 9.17) is 0 Å². The number of hydrogen-bond donors (Lipinski definition) is 2. The first kappa shape index (κ1) is 22.2. The summed E-state index contributed by atoms with van der Waals surface area (Å²) in [6.45, 7) is 8.21. The lowest BCUT2D eigenvalue weighted by Gasteiger charge is -2.33. The average Bonchev–Trinajstić information content (AvgIpc) is 2.68. The third-order valence-corrected chi connectivity index (χ3v) is 6.15. The van der Waals surface area contributed by atoms with Crippen molar-refractivity contribution in [2.75, 3.05) is 29.0 Å². The molecule has 0 unspecified atom stereocenters. The molecule has 30 heavy (non-hydrogen) atoms. The first-order valence-corrected chi connectivity index (χ1v) is 12.3. The van der Waals surface area contributed by atoms with Gasteiger partial charge in [0, 0.05) is 24.3 Å². The van der Waals surface area contributed by atoms with Gasteiger partial charge < -0.3 is 10.2 Å². The minimum atomic E-state index is -3.41. The van der Waals surface area contributed by atoms with Crippen LogP contribution in [0.4, 0.5) is 11.4 Å². The van der Waals surface area contributed by atoms with Crippen LogP contribution in [0.15, 0.2) is 42.5 Å². The summed E-state index contributed by atoms with van der Waals surface area (Å²) in [6.07, 6.45) is 3.61. The van der Waals surface area contributed by atoms with Crippen molar-refractivity contribution in [3.05, 3.63) is 59.2 Å². The first-order valence-electron chi connectivity index (χ1n) is 10.4. The summed E-state index contributed by atoms with van der Waals surface area (Å²) in [6, 6.07) is 13.2. The van der Waals surface area contributed by atoms with E-state index in [0.717, 1.165) is 30.5 Å². The van der Waals surface area contributed by atoms with Gasteiger partial charge in [-0.25, -0.2) is 8.42 Å². The zero-order valence-corrected chi connectivity index (χ0v) is 18.9. The molecular weight excluding hydrogens is 398 g/mol. The summed E-state index contributed by atoms with van der Waals surface area (Å²) < 4.78 is 25.5. The van der Waals surface area contributed by atoms with E-state index in [-0.39, 0.29) is 11.9 Å². The van der Waals surface area contributed by atoms with Crippen LogP contribution in [0.1, 0.15) is 54.2 Å². The third-order valence-electron chi connectivity index (χ3n) is 5.56. The number of amides is 1. The van der Waals surface area contributed by atoms with Gasteiger partial charge in [0.25, 0.3) is 5.91 Å². The average molecular weight is 430 g/mol. The highest BCUT2D eigenvalue weighted by Gasteiger charge is 2.18. The molecule has 0 radical (unpaired) electrons. The van der Waals surface area contributed by atoms with Gasteiger partial charge in [-0.1, -0.05) is 25.1 Å². The highest BCUT2D eigenvalue weighted by molar-refractivity contribution is 7.92. The van der Waals surface area contributed by atoms with Crippen LogP contribution in [0.5, 0.6) is 0 Å². The van der Waals surface area contributed by atoms with Gasteiger partial charge in [0.2, 0.25) is 10.0 Å². The SMILES string of the molecule is Cc1ccc(C(=O)N[C@H](C)c2ccc(N3CCC[C@@H](C)C3)cc2)cc1NS(C)(=O)=O. The maximum absolute atomic E-state index is 12.7. The molecule has 0 saturated carbocycles. The molecule has 162 valence electrons. The number of carbonyl (C=O) groups excluding carboxylic acids is 1. The monoisotopic (exact) mass is 429 g/mol. The van der Waals surface area contributed by atoms with Crippen LogP contribution in [0.2, 0.25) is 0 Å². The van der Waals surface area contributed by atoms with Crippen molar-refractivity contribution in [3.63, 3.8) is 0 Å². The molecule has 0 spiro atoms. The zero-order chi connectivity index (χ0) is 21.9. The quantitative estimate of drug-likeness (QED) is 0.725. The van der Waals surface area contributed by atoms with E-state index < -0.39 is 10.0 Å². The van der Waals surface area contributed by atoms with Crippen molar-refractivity contribution < 1.29 is 13.2 Å². The highest BCUT2D eigenvalue weighted by Crippen LogP contribution is 2.25. The minimum Gasteiger partial charge on any atom is -0.371 e. The number of aryl methyl sites for hydroxylation is 1. The van der Waals surface area contributed by atoms with Gasteiger partial charge in [-0.3, -0.25) is 9.52 Å². The maximum atomic E-state index is 12.7. The van der Waals surface area contributed by atoms with Crippen LogP contribution in [0.25, 0.3) is 0 Å². The predicted octanol–water partition coefficient (Wildman–Crippen LogP) is 4.09. The second-order valence-electron chi connectivity index (χ2n) is 8.38. The normalized spacial score (nSPS) is 18.0. The topological polar surface area (TPSA) is 78.5 Å². The summed E-state index contributed by atoms with van der Waals surface area (Å²) in [7, 11) is -3.41. The van der Waals surface area contributed by atoms with Crippen molar-refractivity contribution in [1.82, 2.24) is 5.32 Å². The lowest BCUT2D eigenvalue weighted by Crippen LogP contribution is -2.34. The molecule has 1 heterocycles. The Morgan fingerprint density at radius 1 is 1.17 bits per heavy atom. The maximum Gasteiger partial charge on any atom is 0.251 e. The van der Waals surface area contributed by atoms with E-state index >= 15 is 0 Å². The Bertz CT molecular complexity index is 1000. The molecule has 0 bridgehead atoms. The fraction of sp³-hybridized carbons (Fsp3) is 0.435. The standard InChI is InChI=1S/C23H31N3O3S/c1-16-6-5-13-26(15-16)21-11-9-19(10-12-21)18(3)24-23(27)20-8-7-17(2)22(14-20)25-30(4,28)29/h7-12,14,16,18,25H,5-6,13,15H2,1-4H3,(H,24,27)/t16-,18-/m1/s1. The fourth-order valence-corrected chi connectivity index (χ4v) is 4.45. The predicted molar refractivity (Wildman–Crippen MR) is 123 cm³/mol. The molecule has 7 heteroatoms. The second kappa shape index (κ2) is 9.08. The largest absolute Gasteiger partial charge is 0.371 e. The van der Waals surface area contributed by atoms with Gasteiger partial charge in [-0.05, 0) is 68.0 Å². The number of nitrogens with one attached hydrogen (secondary N) is 2. The molecule has 2 aromatic rings. The molecule has 6 nitrogen and oxygen atoms in total. The van der Waals surface area contributed by atoms with Crippen LogP contribution < -0.4 is 14.9 Å². The van der Waals surface area contributed by atoms with Crippen LogP contribution in [0.3, 0.4) is 0 Å². The number of sulfonamides is 1. The summed E-state index contributed by atoms with van der Waals surface area (Å²) >= 11 is 0. The molecule has 1 fully saturated rings. The molecule has 3 rings (SSSR count). The zero-order valence-electron chi connectivity index (χ0n) is 18.1. The van der Waals surface area contributed by atoms with Gasteiger partial charge >= 0.3 is 0 Å².